The number of carbonyl (C=O) groups is 1. The number of aryl methyl sites for hydroxylation is 1. The smallest absolute Gasteiger partial charge is 0.336 e. The van der Waals surface area contributed by atoms with E-state index in [1.54, 1.807) is 12.1 Å². The maximum Gasteiger partial charge on any atom is 0.336 e. The van der Waals surface area contributed by atoms with E-state index in [4.69, 9.17) is 11.6 Å². The third-order valence-electron chi connectivity index (χ3n) is 5.14. The molecule has 4 heteroatoms. The van der Waals surface area contributed by atoms with Crippen LogP contribution in [0.3, 0.4) is 0 Å². The molecule has 0 fully saturated rings. The molecule has 3 atom stereocenters. The van der Waals surface area contributed by atoms with Crippen molar-refractivity contribution in [2.45, 2.75) is 25.3 Å². The first kappa shape index (κ1) is 15.3. The normalized spacial score (nSPS) is 24.2. The van der Waals surface area contributed by atoms with E-state index in [-0.39, 0.29) is 12.0 Å². The Kier molecular flexibility index (Phi) is 3.61. The zero-order valence-corrected chi connectivity index (χ0v) is 14.0. The lowest BCUT2D eigenvalue weighted by Gasteiger charge is -2.38. The van der Waals surface area contributed by atoms with E-state index in [1.165, 1.54) is 11.1 Å². The number of rotatable bonds is 2. The summed E-state index contributed by atoms with van der Waals surface area (Å²) in [5.74, 6) is -0.522. The number of halogens is 1. The quantitative estimate of drug-likeness (QED) is 0.742. The number of hydrogen-bond donors (Lipinski definition) is 2. The number of fused-ring (bicyclic) bond motifs is 3. The predicted molar refractivity (Wildman–Crippen MR) is 95.9 cm³/mol. The van der Waals surface area contributed by atoms with E-state index in [0.29, 0.717) is 16.5 Å². The summed E-state index contributed by atoms with van der Waals surface area (Å²) >= 11 is 6.41. The molecule has 1 aliphatic carbocycles. The molecular weight excluding hydrogens is 322 g/mol. The van der Waals surface area contributed by atoms with Gasteiger partial charge in [0.15, 0.2) is 0 Å². The van der Waals surface area contributed by atoms with E-state index in [1.807, 2.05) is 0 Å². The van der Waals surface area contributed by atoms with E-state index in [0.717, 1.165) is 17.7 Å². The number of anilines is 1. The summed E-state index contributed by atoms with van der Waals surface area (Å²) in [6.45, 7) is 2.07. The van der Waals surface area contributed by atoms with Gasteiger partial charge in [-0.25, -0.2) is 4.79 Å². The fourth-order valence-corrected chi connectivity index (χ4v) is 4.18. The highest BCUT2D eigenvalue weighted by Crippen LogP contribution is 2.52. The molecule has 122 valence electrons. The Bertz CT molecular complexity index is 841. The monoisotopic (exact) mass is 339 g/mol. The van der Waals surface area contributed by atoms with Gasteiger partial charge in [0.05, 0.1) is 22.3 Å². The summed E-state index contributed by atoms with van der Waals surface area (Å²) in [6.07, 6.45) is 5.22. The molecule has 0 saturated heterocycles. The van der Waals surface area contributed by atoms with Crippen LogP contribution in [0.4, 0.5) is 5.69 Å². The fourth-order valence-electron chi connectivity index (χ4n) is 3.96. The SMILES string of the molecule is Cc1ccc([C@@H]2Nc3c(Cl)ccc(C(=O)O)c3[C@H]3C=CC[C@@H]32)cc1. The topological polar surface area (TPSA) is 49.3 Å². The zero-order chi connectivity index (χ0) is 16.8. The second-order valence-electron chi connectivity index (χ2n) is 6.57. The van der Waals surface area contributed by atoms with Crippen molar-refractivity contribution in [1.29, 1.82) is 0 Å². The number of carboxylic acid groups (broad SMARTS) is 1. The average Bonchev–Trinajstić information content (AvgIpc) is 3.05. The Morgan fingerprint density at radius 2 is 1.96 bits per heavy atom. The Labute approximate surface area is 146 Å². The second kappa shape index (κ2) is 5.67. The first-order valence-electron chi connectivity index (χ1n) is 8.11. The lowest BCUT2D eigenvalue weighted by Crippen LogP contribution is -2.30. The maximum atomic E-state index is 11.7. The summed E-state index contributed by atoms with van der Waals surface area (Å²) < 4.78 is 0. The molecule has 0 bridgehead atoms. The summed E-state index contributed by atoms with van der Waals surface area (Å²) in [4.78, 5) is 11.7. The minimum atomic E-state index is -0.905. The maximum absolute atomic E-state index is 11.7. The van der Waals surface area contributed by atoms with Gasteiger partial charge in [-0.2, -0.15) is 0 Å². The lowest BCUT2D eigenvalue weighted by molar-refractivity contribution is 0.0695. The van der Waals surface area contributed by atoms with Gasteiger partial charge in [0.1, 0.15) is 0 Å². The summed E-state index contributed by atoms with van der Waals surface area (Å²) in [7, 11) is 0. The highest BCUT2D eigenvalue weighted by atomic mass is 35.5. The van der Waals surface area contributed by atoms with Gasteiger partial charge < -0.3 is 10.4 Å². The van der Waals surface area contributed by atoms with Gasteiger partial charge in [-0.1, -0.05) is 53.6 Å². The van der Waals surface area contributed by atoms with E-state index in [9.17, 15) is 9.90 Å². The van der Waals surface area contributed by atoms with Gasteiger partial charge in [-0.15, -0.1) is 0 Å². The van der Waals surface area contributed by atoms with Crippen LogP contribution in [0.1, 0.15) is 45.4 Å². The largest absolute Gasteiger partial charge is 0.478 e. The highest BCUT2D eigenvalue weighted by Gasteiger charge is 2.40. The number of nitrogens with one attached hydrogen (secondary N) is 1. The van der Waals surface area contributed by atoms with E-state index in [2.05, 4.69) is 48.7 Å². The van der Waals surface area contributed by atoms with Crippen LogP contribution in [-0.4, -0.2) is 11.1 Å². The van der Waals surface area contributed by atoms with E-state index >= 15 is 0 Å². The molecule has 0 amide bonds. The van der Waals surface area contributed by atoms with E-state index < -0.39 is 5.97 Å². The van der Waals surface area contributed by atoms with Crippen molar-refractivity contribution < 1.29 is 9.90 Å². The standard InChI is InChI=1S/C20H18ClNO2/c1-11-5-7-12(8-6-11)18-14-4-2-3-13(14)17-15(20(23)24)9-10-16(21)19(17)22-18/h2-3,5-10,13-14,18,22H,4H2,1H3,(H,23,24)/t13-,14-,18-/m0/s1. The molecule has 4 rings (SSSR count). The molecule has 2 aliphatic rings. The van der Waals surface area contributed by atoms with Crippen molar-refractivity contribution in [3.05, 3.63) is 75.8 Å². The molecule has 0 radical (unpaired) electrons. The van der Waals surface area contributed by atoms with Crippen LogP contribution >= 0.6 is 11.6 Å². The van der Waals surface area contributed by atoms with Gasteiger partial charge >= 0.3 is 5.97 Å². The molecule has 2 N–H and O–H groups in total. The van der Waals surface area contributed by atoms with Gasteiger partial charge in [-0.05, 0) is 42.5 Å². The number of aromatic carboxylic acids is 1. The third-order valence-corrected chi connectivity index (χ3v) is 5.45. The molecule has 2 aromatic rings. The predicted octanol–water partition coefficient (Wildman–Crippen LogP) is 5.17. The van der Waals surface area contributed by atoms with Crippen molar-refractivity contribution in [3.8, 4) is 0 Å². The van der Waals surface area contributed by atoms with Gasteiger partial charge in [0.2, 0.25) is 0 Å². The van der Waals surface area contributed by atoms with Crippen LogP contribution < -0.4 is 5.32 Å². The minimum Gasteiger partial charge on any atom is -0.478 e. The molecule has 3 nitrogen and oxygen atoms in total. The molecule has 0 spiro atoms. The molecule has 2 aromatic carbocycles. The van der Waals surface area contributed by atoms with Gasteiger partial charge in [0, 0.05) is 5.92 Å². The summed E-state index contributed by atoms with van der Waals surface area (Å²) in [5, 5.41) is 13.7. The molecule has 0 saturated carbocycles. The number of benzene rings is 2. The van der Waals surface area contributed by atoms with Crippen LogP contribution in [0.2, 0.25) is 5.02 Å². The van der Waals surface area contributed by atoms with Crippen LogP contribution in [0.25, 0.3) is 0 Å². The van der Waals surface area contributed by atoms with Crippen molar-refractivity contribution in [3.63, 3.8) is 0 Å². The van der Waals surface area contributed by atoms with Gasteiger partial charge in [-0.3, -0.25) is 0 Å². The molecule has 1 heterocycles. The second-order valence-corrected chi connectivity index (χ2v) is 6.98. The van der Waals surface area contributed by atoms with Crippen molar-refractivity contribution in [2.75, 3.05) is 5.32 Å². The summed E-state index contributed by atoms with van der Waals surface area (Å²) in [5.41, 5.74) is 4.35. The Morgan fingerprint density at radius 3 is 2.67 bits per heavy atom. The molecule has 0 unspecified atom stereocenters. The Morgan fingerprint density at radius 1 is 1.21 bits per heavy atom. The number of allylic oxidation sites excluding steroid dienone is 2. The molecule has 24 heavy (non-hydrogen) atoms. The number of hydrogen-bond acceptors (Lipinski definition) is 2. The number of carboxylic acids is 1. The summed E-state index contributed by atoms with van der Waals surface area (Å²) in [6, 6.07) is 11.9. The molecule has 1 aliphatic heterocycles. The minimum absolute atomic E-state index is 0.0809. The Hall–Kier alpha value is -2.26. The van der Waals surface area contributed by atoms with Gasteiger partial charge in [0.25, 0.3) is 0 Å². The van der Waals surface area contributed by atoms with Crippen molar-refractivity contribution in [1.82, 2.24) is 0 Å². The van der Waals surface area contributed by atoms with Crippen molar-refractivity contribution in [2.24, 2.45) is 5.92 Å². The molecule has 0 aromatic heterocycles. The van der Waals surface area contributed by atoms with Crippen LogP contribution in [-0.2, 0) is 0 Å². The van der Waals surface area contributed by atoms with Crippen molar-refractivity contribution >= 4 is 23.3 Å². The third kappa shape index (κ3) is 2.31. The van der Waals surface area contributed by atoms with Crippen LogP contribution in [0, 0.1) is 12.8 Å². The fraction of sp³-hybridized carbons (Fsp3) is 0.250. The Balaban J connectivity index is 1.86. The first-order chi connectivity index (χ1) is 11.6. The zero-order valence-electron chi connectivity index (χ0n) is 13.3. The van der Waals surface area contributed by atoms with Crippen LogP contribution in [0.15, 0.2) is 48.6 Å². The average molecular weight is 340 g/mol. The van der Waals surface area contributed by atoms with Crippen LogP contribution in [0.5, 0.6) is 0 Å². The first-order valence-corrected chi connectivity index (χ1v) is 8.49. The highest BCUT2D eigenvalue weighted by molar-refractivity contribution is 6.33. The molecular formula is C20H18ClNO2. The lowest BCUT2D eigenvalue weighted by atomic mass is 9.75.